The summed E-state index contributed by atoms with van der Waals surface area (Å²) in [5.41, 5.74) is 6.20. The predicted molar refractivity (Wildman–Crippen MR) is 66.9 cm³/mol. The lowest BCUT2D eigenvalue weighted by molar-refractivity contribution is 0.144. The maximum absolute atomic E-state index is 6.20. The smallest absolute Gasteiger partial charge is 0.0244 e. The van der Waals surface area contributed by atoms with Crippen LogP contribution in [0.15, 0.2) is 0 Å². The summed E-state index contributed by atoms with van der Waals surface area (Å²) in [5, 5.41) is 0. The number of hydrogen-bond donors (Lipinski definition) is 1. The van der Waals surface area contributed by atoms with E-state index < -0.39 is 0 Å². The van der Waals surface area contributed by atoms with Crippen molar-refractivity contribution in [3.63, 3.8) is 0 Å². The lowest BCUT2D eigenvalue weighted by Crippen LogP contribution is -2.49. The fraction of sp³-hybridized carbons (Fsp3) is 1.00. The van der Waals surface area contributed by atoms with Crippen LogP contribution in [0.2, 0.25) is 0 Å². The van der Waals surface area contributed by atoms with Gasteiger partial charge in [-0.3, -0.25) is 0 Å². The number of rotatable bonds is 5. The Hall–Kier alpha value is -0.0800. The highest BCUT2D eigenvalue weighted by Gasteiger charge is 2.26. The molecule has 1 fully saturated rings. The number of hydrogen-bond acceptors (Lipinski definition) is 2. The Balaban J connectivity index is 2.40. The van der Waals surface area contributed by atoms with Gasteiger partial charge in [0.15, 0.2) is 0 Å². The van der Waals surface area contributed by atoms with E-state index in [0.29, 0.717) is 12.1 Å². The van der Waals surface area contributed by atoms with Crippen LogP contribution in [0.3, 0.4) is 0 Å². The molecule has 1 aliphatic rings. The molecule has 0 aliphatic heterocycles. The highest BCUT2D eigenvalue weighted by molar-refractivity contribution is 4.85. The summed E-state index contributed by atoms with van der Waals surface area (Å²) in [7, 11) is 2.26. The van der Waals surface area contributed by atoms with Crippen LogP contribution in [0.5, 0.6) is 0 Å². The van der Waals surface area contributed by atoms with Crippen LogP contribution in [-0.2, 0) is 0 Å². The number of nitrogens with two attached hydrogens (primary N) is 1. The molecule has 2 atom stereocenters. The van der Waals surface area contributed by atoms with Crippen LogP contribution in [0.4, 0.5) is 0 Å². The van der Waals surface area contributed by atoms with E-state index in [1.165, 1.54) is 45.1 Å². The SMILES string of the molecule is CCC(CC)CN(C)C1CCCCC1N. The van der Waals surface area contributed by atoms with Gasteiger partial charge in [-0.1, -0.05) is 39.5 Å². The molecule has 0 aromatic heterocycles. The van der Waals surface area contributed by atoms with Crippen molar-refractivity contribution < 1.29 is 0 Å². The molecule has 0 radical (unpaired) electrons. The molecule has 2 heteroatoms. The first-order valence-electron chi connectivity index (χ1n) is 6.64. The zero-order chi connectivity index (χ0) is 11.3. The number of likely N-dealkylation sites (N-methyl/N-ethyl adjacent to an activating group) is 1. The third kappa shape index (κ3) is 3.76. The van der Waals surface area contributed by atoms with Crippen molar-refractivity contribution in [2.75, 3.05) is 13.6 Å². The van der Waals surface area contributed by atoms with E-state index in [1.54, 1.807) is 0 Å². The summed E-state index contributed by atoms with van der Waals surface area (Å²) in [6, 6.07) is 1.05. The second-order valence-corrected chi connectivity index (χ2v) is 5.14. The van der Waals surface area contributed by atoms with E-state index in [-0.39, 0.29) is 0 Å². The molecule has 1 saturated carbocycles. The highest BCUT2D eigenvalue weighted by atomic mass is 15.1. The molecule has 1 aliphatic carbocycles. The Bertz CT molecular complexity index is 166. The van der Waals surface area contributed by atoms with Crippen LogP contribution in [0, 0.1) is 5.92 Å². The summed E-state index contributed by atoms with van der Waals surface area (Å²) in [6.45, 7) is 5.82. The summed E-state index contributed by atoms with van der Waals surface area (Å²) >= 11 is 0. The maximum atomic E-state index is 6.20. The average Bonchev–Trinajstić information content (AvgIpc) is 2.26. The fourth-order valence-electron chi connectivity index (χ4n) is 2.78. The molecule has 2 N–H and O–H groups in total. The van der Waals surface area contributed by atoms with Crippen LogP contribution < -0.4 is 5.73 Å². The van der Waals surface area contributed by atoms with Crippen molar-refractivity contribution in [2.45, 2.75) is 64.5 Å². The zero-order valence-electron chi connectivity index (χ0n) is 10.7. The zero-order valence-corrected chi connectivity index (χ0v) is 10.7. The molecule has 0 spiro atoms. The van der Waals surface area contributed by atoms with Gasteiger partial charge < -0.3 is 10.6 Å². The van der Waals surface area contributed by atoms with Gasteiger partial charge in [0, 0.05) is 18.6 Å². The Morgan fingerprint density at radius 2 is 1.80 bits per heavy atom. The molecule has 0 bridgehead atoms. The minimum absolute atomic E-state index is 0.415. The van der Waals surface area contributed by atoms with Gasteiger partial charge in [0.05, 0.1) is 0 Å². The summed E-state index contributed by atoms with van der Waals surface area (Å²) < 4.78 is 0. The first kappa shape index (κ1) is 13.0. The van der Waals surface area contributed by atoms with Gasteiger partial charge in [-0.2, -0.15) is 0 Å². The van der Waals surface area contributed by atoms with Crippen LogP contribution >= 0.6 is 0 Å². The van der Waals surface area contributed by atoms with Gasteiger partial charge in [-0.05, 0) is 25.8 Å². The molecular weight excluding hydrogens is 184 g/mol. The van der Waals surface area contributed by atoms with Gasteiger partial charge in [-0.15, -0.1) is 0 Å². The average molecular weight is 212 g/mol. The molecule has 0 aromatic carbocycles. The lowest BCUT2D eigenvalue weighted by atomic mass is 9.89. The third-order valence-corrected chi connectivity index (χ3v) is 4.05. The van der Waals surface area contributed by atoms with E-state index in [9.17, 15) is 0 Å². The first-order chi connectivity index (χ1) is 7.19. The summed E-state index contributed by atoms with van der Waals surface area (Å²) in [6.07, 6.45) is 7.81. The molecule has 0 heterocycles. The molecule has 0 saturated heterocycles. The molecule has 2 unspecified atom stereocenters. The minimum atomic E-state index is 0.415. The van der Waals surface area contributed by atoms with Crippen molar-refractivity contribution >= 4 is 0 Å². The van der Waals surface area contributed by atoms with Crippen LogP contribution in [0.1, 0.15) is 52.4 Å². The third-order valence-electron chi connectivity index (χ3n) is 4.05. The maximum Gasteiger partial charge on any atom is 0.0244 e. The Morgan fingerprint density at radius 1 is 1.20 bits per heavy atom. The van der Waals surface area contributed by atoms with Gasteiger partial charge >= 0.3 is 0 Å². The summed E-state index contributed by atoms with van der Waals surface area (Å²) in [4.78, 5) is 2.52. The van der Waals surface area contributed by atoms with E-state index in [2.05, 4.69) is 25.8 Å². The van der Waals surface area contributed by atoms with Crippen molar-refractivity contribution in [3.8, 4) is 0 Å². The van der Waals surface area contributed by atoms with Gasteiger partial charge in [-0.25, -0.2) is 0 Å². The van der Waals surface area contributed by atoms with E-state index >= 15 is 0 Å². The Morgan fingerprint density at radius 3 is 2.33 bits per heavy atom. The molecule has 90 valence electrons. The molecule has 0 aromatic rings. The second-order valence-electron chi connectivity index (χ2n) is 5.14. The minimum Gasteiger partial charge on any atom is -0.326 e. The Kier molecular flexibility index (Phi) is 5.62. The molecule has 15 heavy (non-hydrogen) atoms. The van der Waals surface area contributed by atoms with Crippen molar-refractivity contribution in [1.82, 2.24) is 4.90 Å². The molecule has 2 nitrogen and oxygen atoms in total. The largest absolute Gasteiger partial charge is 0.326 e. The van der Waals surface area contributed by atoms with E-state index in [0.717, 1.165) is 5.92 Å². The number of nitrogens with zero attached hydrogens (tertiary/aromatic N) is 1. The molecule has 0 amide bonds. The van der Waals surface area contributed by atoms with Crippen LogP contribution in [-0.4, -0.2) is 30.6 Å². The van der Waals surface area contributed by atoms with Gasteiger partial charge in [0.2, 0.25) is 0 Å². The summed E-state index contributed by atoms with van der Waals surface area (Å²) in [5.74, 6) is 0.851. The lowest BCUT2D eigenvalue weighted by Gasteiger charge is -2.37. The first-order valence-corrected chi connectivity index (χ1v) is 6.64. The standard InChI is InChI=1S/C13H28N2/c1-4-11(5-2)10-15(3)13-9-7-6-8-12(13)14/h11-13H,4-10,14H2,1-3H3. The van der Waals surface area contributed by atoms with E-state index in [4.69, 9.17) is 5.73 Å². The quantitative estimate of drug-likeness (QED) is 0.759. The van der Waals surface area contributed by atoms with Gasteiger partial charge in [0.1, 0.15) is 0 Å². The van der Waals surface area contributed by atoms with Gasteiger partial charge in [0.25, 0.3) is 0 Å². The van der Waals surface area contributed by atoms with Crippen LogP contribution in [0.25, 0.3) is 0 Å². The molecule has 1 rings (SSSR count). The second kappa shape index (κ2) is 6.49. The topological polar surface area (TPSA) is 29.3 Å². The van der Waals surface area contributed by atoms with Crippen molar-refractivity contribution in [2.24, 2.45) is 11.7 Å². The monoisotopic (exact) mass is 212 g/mol. The highest BCUT2D eigenvalue weighted by Crippen LogP contribution is 2.22. The normalized spacial score (nSPS) is 27.6. The van der Waals surface area contributed by atoms with E-state index in [1.807, 2.05) is 0 Å². The van der Waals surface area contributed by atoms with Crippen molar-refractivity contribution in [1.29, 1.82) is 0 Å². The Labute approximate surface area is 95.2 Å². The fourth-order valence-corrected chi connectivity index (χ4v) is 2.78. The predicted octanol–water partition coefficient (Wildman–Crippen LogP) is 2.62. The molecular formula is C13H28N2. The van der Waals surface area contributed by atoms with Crippen molar-refractivity contribution in [3.05, 3.63) is 0 Å².